The van der Waals surface area contributed by atoms with Gasteiger partial charge in [0.2, 0.25) is 5.91 Å². The van der Waals surface area contributed by atoms with Gasteiger partial charge in [0, 0.05) is 43.6 Å². The second kappa shape index (κ2) is 11.0. The molecular weight excluding hydrogens is 305 g/mol. The summed E-state index contributed by atoms with van der Waals surface area (Å²) in [6, 6.07) is 0.375. The molecule has 0 radical (unpaired) electrons. The zero-order valence-electron chi connectivity index (χ0n) is 11.2. The third-order valence-corrected chi connectivity index (χ3v) is 4.51. The Bertz CT molecular complexity index is 247. The smallest absolute Gasteiger partial charge is 0.221 e. The molecule has 1 atom stereocenters. The van der Waals surface area contributed by atoms with E-state index in [0.717, 1.165) is 25.4 Å². The summed E-state index contributed by atoms with van der Waals surface area (Å²) >= 11 is 1.94. The van der Waals surface area contributed by atoms with E-state index in [1.165, 1.54) is 31.7 Å². The molecule has 114 valence electrons. The van der Waals surface area contributed by atoms with Gasteiger partial charge >= 0.3 is 0 Å². The predicted octanol–water partition coefficient (Wildman–Crippen LogP) is 1.14. The molecule has 2 aliphatic heterocycles. The highest BCUT2D eigenvalue weighted by Gasteiger charge is 2.16. The lowest BCUT2D eigenvalue weighted by Gasteiger charge is -2.22. The number of nitrogens with zero attached hydrogens (tertiary/aromatic N) is 1. The molecule has 2 rings (SSSR count). The number of hydrogen-bond donors (Lipinski definition) is 2. The van der Waals surface area contributed by atoms with Crippen molar-refractivity contribution in [2.24, 2.45) is 0 Å². The van der Waals surface area contributed by atoms with Gasteiger partial charge in [0.05, 0.1) is 0 Å². The summed E-state index contributed by atoms with van der Waals surface area (Å²) < 4.78 is 0. The van der Waals surface area contributed by atoms with Gasteiger partial charge < -0.3 is 15.5 Å². The highest BCUT2D eigenvalue weighted by Crippen LogP contribution is 2.10. The number of likely N-dealkylation sites (tertiary alicyclic amines) is 1. The van der Waals surface area contributed by atoms with Gasteiger partial charge in [0.15, 0.2) is 0 Å². The highest BCUT2D eigenvalue weighted by atomic mass is 35.5. The van der Waals surface area contributed by atoms with Gasteiger partial charge in [-0.05, 0) is 25.9 Å². The molecule has 0 bridgehead atoms. The number of amides is 1. The summed E-state index contributed by atoms with van der Waals surface area (Å²) in [5.74, 6) is 2.44. The van der Waals surface area contributed by atoms with Crippen molar-refractivity contribution < 1.29 is 4.79 Å². The lowest BCUT2D eigenvalue weighted by atomic mass is 10.2. The van der Waals surface area contributed by atoms with Crippen LogP contribution in [0.5, 0.6) is 0 Å². The van der Waals surface area contributed by atoms with Gasteiger partial charge in [-0.3, -0.25) is 4.79 Å². The highest BCUT2D eigenvalue weighted by molar-refractivity contribution is 7.99. The number of hydrogen-bond acceptors (Lipinski definition) is 4. The molecule has 0 spiro atoms. The van der Waals surface area contributed by atoms with Crippen molar-refractivity contribution in [3.63, 3.8) is 0 Å². The van der Waals surface area contributed by atoms with Gasteiger partial charge in [0.25, 0.3) is 0 Å². The van der Waals surface area contributed by atoms with Crippen molar-refractivity contribution in [1.29, 1.82) is 0 Å². The Morgan fingerprint density at radius 2 is 2.05 bits per heavy atom. The molecule has 2 fully saturated rings. The molecule has 0 aliphatic carbocycles. The fourth-order valence-corrected chi connectivity index (χ4v) is 3.36. The van der Waals surface area contributed by atoms with Crippen molar-refractivity contribution in [2.75, 3.05) is 44.2 Å². The summed E-state index contributed by atoms with van der Waals surface area (Å²) in [6.07, 6.45) is 3.27. The molecule has 2 aliphatic rings. The second-order valence-electron chi connectivity index (χ2n) is 4.83. The van der Waals surface area contributed by atoms with E-state index in [-0.39, 0.29) is 30.7 Å². The minimum Gasteiger partial charge on any atom is -0.355 e. The Kier molecular flexibility index (Phi) is 11.2. The summed E-state index contributed by atoms with van der Waals surface area (Å²) in [4.78, 5) is 14.1. The van der Waals surface area contributed by atoms with Crippen LogP contribution in [0.1, 0.15) is 19.3 Å². The zero-order chi connectivity index (χ0) is 11.9. The van der Waals surface area contributed by atoms with Crippen molar-refractivity contribution in [3.8, 4) is 0 Å². The molecule has 7 heteroatoms. The molecule has 19 heavy (non-hydrogen) atoms. The summed E-state index contributed by atoms with van der Waals surface area (Å²) in [5, 5.41) is 6.42. The number of thioether (sulfide) groups is 1. The van der Waals surface area contributed by atoms with Crippen LogP contribution in [0.25, 0.3) is 0 Å². The van der Waals surface area contributed by atoms with Crippen LogP contribution >= 0.6 is 36.6 Å². The Morgan fingerprint density at radius 1 is 1.32 bits per heavy atom. The van der Waals surface area contributed by atoms with E-state index in [2.05, 4.69) is 15.5 Å². The van der Waals surface area contributed by atoms with Crippen molar-refractivity contribution >= 4 is 42.5 Å². The van der Waals surface area contributed by atoms with Crippen LogP contribution < -0.4 is 10.6 Å². The third kappa shape index (κ3) is 7.61. The molecule has 2 heterocycles. The van der Waals surface area contributed by atoms with Crippen LogP contribution in [0, 0.1) is 0 Å². The maximum atomic E-state index is 11.7. The summed E-state index contributed by atoms with van der Waals surface area (Å²) in [6.45, 7) is 5.26. The molecule has 0 aromatic heterocycles. The Hall–Kier alpha value is 0.320. The average molecular weight is 330 g/mol. The fourth-order valence-electron chi connectivity index (χ4n) is 2.41. The molecule has 2 saturated heterocycles. The standard InChI is InChI=1S/C12H23N3OS.2ClH/c16-12(9-11-10-17-8-4-13-11)14-3-7-15-5-1-2-6-15;;/h11,13H,1-10H2,(H,14,16);2*1H. The van der Waals surface area contributed by atoms with Crippen LogP contribution in [-0.4, -0.2) is 61.1 Å². The maximum absolute atomic E-state index is 11.7. The number of rotatable bonds is 5. The maximum Gasteiger partial charge on any atom is 0.221 e. The molecule has 0 saturated carbocycles. The van der Waals surface area contributed by atoms with E-state index >= 15 is 0 Å². The van der Waals surface area contributed by atoms with E-state index < -0.39 is 0 Å². The topological polar surface area (TPSA) is 44.4 Å². The minimum atomic E-state index is 0. The van der Waals surface area contributed by atoms with Gasteiger partial charge in [-0.15, -0.1) is 24.8 Å². The summed E-state index contributed by atoms with van der Waals surface area (Å²) in [5.41, 5.74) is 0. The Morgan fingerprint density at radius 3 is 2.68 bits per heavy atom. The van der Waals surface area contributed by atoms with E-state index in [0.29, 0.717) is 12.5 Å². The second-order valence-corrected chi connectivity index (χ2v) is 5.98. The van der Waals surface area contributed by atoms with Crippen LogP contribution in [0.15, 0.2) is 0 Å². The Balaban J connectivity index is 0.00000162. The molecule has 4 nitrogen and oxygen atoms in total. The van der Waals surface area contributed by atoms with Crippen molar-refractivity contribution in [1.82, 2.24) is 15.5 Å². The van der Waals surface area contributed by atoms with Crippen LogP contribution in [0.4, 0.5) is 0 Å². The van der Waals surface area contributed by atoms with Gasteiger partial charge in [0.1, 0.15) is 0 Å². The zero-order valence-corrected chi connectivity index (χ0v) is 13.7. The molecule has 0 aromatic carbocycles. The first-order valence-corrected chi connectivity index (χ1v) is 7.80. The minimum absolute atomic E-state index is 0. The molecule has 1 amide bonds. The predicted molar refractivity (Wildman–Crippen MR) is 86.9 cm³/mol. The van der Waals surface area contributed by atoms with E-state index in [9.17, 15) is 4.79 Å². The van der Waals surface area contributed by atoms with Crippen molar-refractivity contribution in [3.05, 3.63) is 0 Å². The first-order valence-electron chi connectivity index (χ1n) is 6.65. The van der Waals surface area contributed by atoms with Gasteiger partial charge in [-0.1, -0.05) is 0 Å². The van der Waals surface area contributed by atoms with Crippen LogP contribution in [0.2, 0.25) is 0 Å². The molecule has 2 N–H and O–H groups in total. The van der Waals surface area contributed by atoms with Crippen molar-refractivity contribution in [2.45, 2.75) is 25.3 Å². The van der Waals surface area contributed by atoms with Gasteiger partial charge in [-0.2, -0.15) is 11.8 Å². The molecular formula is C12H25Cl2N3OS. The normalized spacial score (nSPS) is 23.3. The van der Waals surface area contributed by atoms with E-state index in [4.69, 9.17) is 0 Å². The van der Waals surface area contributed by atoms with Gasteiger partial charge in [-0.25, -0.2) is 0 Å². The average Bonchev–Trinajstić information content (AvgIpc) is 2.83. The van der Waals surface area contributed by atoms with E-state index in [1.54, 1.807) is 0 Å². The SMILES string of the molecule is Cl.Cl.O=C(CC1CSCCN1)NCCN1CCCC1. The largest absolute Gasteiger partial charge is 0.355 e. The first-order chi connectivity index (χ1) is 8.34. The fraction of sp³-hybridized carbons (Fsp3) is 0.917. The van der Waals surface area contributed by atoms with E-state index in [1.807, 2.05) is 11.8 Å². The van der Waals surface area contributed by atoms with Crippen LogP contribution in [0.3, 0.4) is 0 Å². The molecule has 0 aromatic rings. The molecule has 1 unspecified atom stereocenters. The summed E-state index contributed by atoms with van der Waals surface area (Å²) in [7, 11) is 0. The number of halogens is 2. The monoisotopic (exact) mass is 329 g/mol. The Labute approximate surface area is 132 Å². The number of carbonyl (C=O) groups excluding carboxylic acids is 1. The lowest BCUT2D eigenvalue weighted by molar-refractivity contribution is -0.121. The van der Waals surface area contributed by atoms with Crippen LogP contribution in [-0.2, 0) is 4.79 Å². The number of carbonyl (C=O) groups is 1. The first kappa shape index (κ1) is 19.3. The number of nitrogens with one attached hydrogen (secondary N) is 2. The quantitative estimate of drug-likeness (QED) is 0.793. The lowest BCUT2D eigenvalue weighted by Crippen LogP contribution is -2.42. The third-order valence-electron chi connectivity index (χ3n) is 3.38.